The lowest BCUT2D eigenvalue weighted by Gasteiger charge is -2.33. The minimum atomic E-state index is 0.208. The van der Waals surface area contributed by atoms with Crippen LogP contribution in [0.15, 0.2) is 30.3 Å². The Hall–Kier alpha value is -1.55. The van der Waals surface area contributed by atoms with Crippen LogP contribution in [-0.2, 0) is 4.79 Å². The fourth-order valence-electron chi connectivity index (χ4n) is 2.43. The molecule has 4 nitrogen and oxygen atoms in total. The van der Waals surface area contributed by atoms with Gasteiger partial charge in [0, 0.05) is 6.54 Å². The van der Waals surface area contributed by atoms with Crippen molar-refractivity contribution in [3.63, 3.8) is 0 Å². The van der Waals surface area contributed by atoms with Gasteiger partial charge < -0.3 is 5.73 Å². The second-order valence-electron chi connectivity index (χ2n) is 4.61. The fraction of sp³-hybridized carbons (Fsp3) is 0.500. The molecule has 1 aromatic rings. The van der Waals surface area contributed by atoms with Crippen molar-refractivity contribution in [3.05, 3.63) is 30.3 Å². The molecule has 1 aliphatic rings. The molecule has 1 aromatic carbocycles. The quantitative estimate of drug-likeness (QED) is 0.862. The molecule has 1 fully saturated rings. The van der Waals surface area contributed by atoms with E-state index in [1.807, 2.05) is 23.2 Å². The predicted octanol–water partition coefficient (Wildman–Crippen LogP) is 1.77. The molecule has 2 rings (SSSR count). The molecule has 0 saturated carbocycles. The number of hydrogen-bond acceptors (Lipinski definition) is 3. The van der Waals surface area contributed by atoms with Crippen LogP contribution in [0.5, 0.6) is 0 Å². The maximum absolute atomic E-state index is 12.1. The van der Waals surface area contributed by atoms with Gasteiger partial charge >= 0.3 is 0 Å². The van der Waals surface area contributed by atoms with Crippen LogP contribution in [0.4, 0.5) is 5.69 Å². The molecule has 1 atom stereocenters. The second kappa shape index (κ2) is 5.87. The average Bonchev–Trinajstić information content (AvgIpc) is 2.73. The molecule has 1 aliphatic heterocycles. The van der Waals surface area contributed by atoms with Crippen molar-refractivity contribution in [2.75, 3.05) is 18.1 Å². The van der Waals surface area contributed by atoms with E-state index < -0.39 is 0 Å². The van der Waals surface area contributed by atoms with Crippen LogP contribution in [-0.4, -0.2) is 30.0 Å². The molecule has 0 aliphatic carbocycles. The summed E-state index contributed by atoms with van der Waals surface area (Å²) >= 11 is 0. The van der Waals surface area contributed by atoms with E-state index in [-0.39, 0.29) is 11.9 Å². The van der Waals surface area contributed by atoms with Gasteiger partial charge in [0.15, 0.2) is 0 Å². The Bertz CT molecular complexity index is 393. The van der Waals surface area contributed by atoms with Gasteiger partial charge in [-0.15, -0.1) is 0 Å². The third-order valence-electron chi connectivity index (χ3n) is 3.37. The van der Waals surface area contributed by atoms with E-state index in [4.69, 9.17) is 5.73 Å². The molecule has 1 unspecified atom stereocenters. The van der Waals surface area contributed by atoms with E-state index in [2.05, 4.69) is 24.1 Å². The minimum Gasteiger partial charge on any atom is -0.330 e. The molecular formula is C14H21N3O. The van der Waals surface area contributed by atoms with Gasteiger partial charge in [-0.1, -0.05) is 25.1 Å². The second-order valence-corrected chi connectivity index (χ2v) is 4.61. The molecule has 0 aromatic heterocycles. The number of hydrogen-bond donors (Lipinski definition) is 1. The van der Waals surface area contributed by atoms with Crippen molar-refractivity contribution >= 4 is 11.6 Å². The lowest BCUT2D eigenvalue weighted by Crippen LogP contribution is -2.43. The third kappa shape index (κ3) is 2.48. The maximum atomic E-state index is 12.1. The van der Waals surface area contributed by atoms with Crippen LogP contribution in [0, 0.1) is 0 Å². The van der Waals surface area contributed by atoms with Crippen molar-refractivity contribution in [2.45, 2.75) is 32.2 Å². The molecule has 1 amide bonds. The van der Waals surface area contributed by atoms with E-state index in [0.717, 1.165) is 18.5 Å². The van der Waals surface area contributed by atoms with Gasteiger partial charge in [0.25, 0.3) is 0 Å². The largest absolute Gasteiger partial charge is 0.330 e. The summed E-state index contributed by atoms with van der Waals surface area (Å²) < 4.78 is 0. The Balaban J connectivity index is 2.23. The van der Waals surface area contributed by atoms with Gasteiger partial charge in [-0.2, -0.15) is 0 Å². The summed E-state index contributed by atoms with van der Waals surface area (Å²) in [4.78, 5) is 12.1. The summed E-state index contributed by atoms with van der Waals surface area (Å²) in [6, 6.07) is 10.4. The van der Waals surface area contributed by atoms with Gasteiger partial charge in [-0.25, -0.2) is 0 Å². The summed E-state index contributed by atoms with van der Waals surface area (Å²) in [7, 11) is 0. The number of benzene rings is 1. The number of carbonyl (C=O) groups excluding carboxylic acids is 1. The number of nitrogens with two attached hydrogens (primary N) is 1. The molecular weight excluding hydrogens is 226 g/mol. The molecule has 0 spiro atoms. The van der Waals surface area contributed by atoms with Crippen LogP contribution in [0.3, 0.4) is 0 Å². The number of rotatable bonds is 5. The van der Waals surface area contributed by atoms with Crippen molar-refractivity contribution < 1.29 is 4.79 Å². The number of anilines is 1. The Morgan fingerprint density at radius 1 is 1.33 bits per heavy atom. The number of nitrogens with zero attached hydrogens (tertiary/aromatic N) is 2. The van der Waals surface area contributed by atoms with E-state index >= 15 is 0 Å². The molecule has 1 heterocycles. The van der Waals surface area contributed by atoms with Crippen molar-refractivity contribution in [2.24, 2.45) is 5.73 Å². The van der Waals surface area contributed by atoms with Crippen molar-refractivity contribution in [1.82, 2.24) is 5.01 Å². The number of para-hydroxylation sites is 1. The number of carbonyl (C=O) groups is 1. The summed E-state index contributed by atoms with van der Waals surface area (Å²) in [5.41, 5.74) is 6.64. The zero-order chi connectivity index (χ0) is 13.0. The van der Waals surface area contributed by atoms with Crippen LogP contribution < -0.4 is 10.7 Å². The number of amides is 1. The molecule has 1 saturated heterocycles. The Morgan fingerprint density at radius 3 is 2.67 bits per heavy atom. The standard InChI is InChI=1S/C14H21N3O/c1-2-12-11-14(18)16(10-6-9-15)17(12)13-7-4-3-5-8-13/h3-5,7-8,12H,2,6,9-11,15H2,1H3. The summed E-state index contributed by atoms with van der Waals surface area (Å²) in [6.07, 6.45) is 2.42. The monoisotopic (exact) mass is 247 g/mol. The van der Waals surface area contributed by atoms with Gasteiger partial charge in [0.2, 0.25) is 5.91 Å². The molecule has 18 heavy (non-hydrogen) atoms. The smallest absolute Gasteiger partial charge is 0.243 e. The Kier molecular flexibility index (Phi) is 4.20. The number of hydrazine groups is 1. The highest BCUT2D eigenvalue weighted by molar-refractivity contribution is 5.82. The zero-order valence-electron chi connectivity index (χ0n) is 10.9. The van der Waals surface area contributed by atoms with Crippen molar-refractivity contribution in [1.29, 1.82) is 0 Å². The van der Waals surface area contributed by atoms with E-state index in [0.29, 0.717) is 19.5 Å². The normalized spacial score (nSPS) is 19.7. The maximum Gasteiger partial charge on any atom is 0.243 e. The van der Waals surface area contributed by atoms with Crippen LogP contribution in [0.1, 0.15) is 26.2 Å². The summed E-state index contributed by atoms with van der Waals surface area (Å²) in [6.45, 7) is 3.45. The Morgan fingerprint density at radius 2 is 2.06 bits per heavy atom. The predicted molar refractivity (Wildman–Crippen MR) is 73.0 cm³/mol. The first kappa shape index (κ1) is 12.9. The topological polar surface area (TPSA) is 49.6 Å². The highest BCUT2D eigenvalue weighted by atomic mass is 16.2. The van der Waals surface area contributed by atoms with Crippen LogP contribution >= 0.6 is 0 Å². The zero-order valence-corrected chi connectivity index (χ0v) is 10.9. The van der Waals surface area contributed by atoms with Gasteiger partial charge in [0.1, 0.15) is 0 Å². The van der Waals surface area contributed by atoms with Gasteiger partial charge in [-0.05, 0) is 31.5 Å². The molecule has 0 radical (unpaired) electrons. The molecule has 98 valence electrons. The molecule has 4 heteroatoms. The lowest BCUT2D eigenvalue weighted by molar-refractivity contribution is -0.128. The highest BCUT2D eigenvalue weighted by Gasteiger charge is 2.36. The van der Waals surface area contributed by atoms with E-state index in [1.165, 1.54) is 0 Å². The first-order chi connectivity index (χ1) is 8.77. The van der Waals surface area contributed by atoms with Gasteiger partial charge in [0.05, 0.1) is 18.2 Å². The third-order valence-corrected chi connectivity index (χ3v) is 3.37. The van der Waals surface area contributed by atoms with Crippen LogP contribution in [0.25, 0.3) is 0 Å². The lowest BCUT2D eigenvalue weighted by atomic mass is 10.1. The SMILES string of the molecule is CCC1CC(=O)N(CCCN)N1c1ccccc1. The molecule has 0 bridgehead atoms. The summed E-state index contributed by atoms with van der Waals surface area (Å²) in [5, 5.41) is 3.99. The molecule has 2 N–H and O–H groups in total. The fourth-order valence-corrected chi connectivity index (χ4v) is 2.43. The van der Waals surface area contributed by atoms with Crippen LogP contribution in [0.2, 0.25) is 0 Å². The Labute approximate surface area is 108 Å². The highest BCUT2D eigenvalue weighted by Crippen LogP contribution is 2.28. The summed E-state index contributed by atoms with van der Waals surface area (Å²) in [5.74, 6) is 0.208. The van der Waals surface area contributed by atoms with Gasteiger partial charge in [-0.3, -0.25) is 14.8 Å². The first-order valence-electron chi connectivity index (χ1n) is 6.62. The van der Waals surface area contributed by atoms with E-state index in [1.54, 1.807) is 0 Å². The first-order valence-corrected chi connectivity index (χ1v) is 6.62. The van der Waals surface area contributed by atoms with E-state index in [9.17, 15) is 4.79 Å². The average molecular weight is 247 g/mol. The minimum absolute atomic E-state index is 0.208. The van der Waals surface area contributed by atoms with Crippen molar-refractivity contribution in [3.8, 4) is 0 Å².